The smallest absolute Gasteiger partial charge is 0.253 e. The van der Waals surface area contributed by atoms with E-state index in [4.69, 9.17) is 5.73 Å². The monoisotopic (exact) mass is 358 g/mol. The van der Waals surface area contributed by atoms with Crippen LogP contribution in [0.15, 0.2) is 16.6 Å². The molecule has 2 rings (SSSR count). The van der Waals surface area contributed by atoms with Crippen molar-refractivity contribution >= 4 is 27.5 Å². The van der Waals surface area contributed by atoms with Crippen LogP contribution in [0.1, 0.15) is 43.0 Å². The topological polar surface area (TPSA) is 75.3 Å². The molecule has 116 valence electrons. The molecule has 21 heavy (non-hydrogen) atoms. The number of rotatable bonds is 3. The number of nitrogens with one attached hydrogen (secondary N) is 1. The van der Waals surface area contributed by atoms with Crippen LogP contribution in [0.5, 0.6) is 0 Å². The van der Waals surface area contributed by atoms with E-state index in [1.54, 1.807) is 0 Å². The van der Waals surface area contributed by atoms with E-state index >= 15 is 0 Å². The second kappa shape index (κ2) is 6.32. The van der Waals surface area contributed by atoms with Crippen molar-refractivity contribution < 1.29 is 14.3 Å². The molecular weight excluding hydrogens is 339 g/mol. The lowest BCUT2D eigenvalue weighted by Gasteiger charge is -2.38. The van der Waals surface area contributed by atoms with Gasteiger partial charge in [0.05, 0.1) is 23.4 Å². The van der Waals surface area contributed by atoms with E-state index in [1.165, 1.54) is 12.1 Å². The van der Waals surface area contributed by atoms with Gasteiger partial charge < -0.3 is 16.2 Å². The summed E-state index contributed by atoms with van der Waals surface area (Å²) < 4.78 is 13.7. The Kier molecular flexibility index (Phi) is 4.88. The van der Waals surface area contributed by atoms with Gasteiger partial charge >= 0.3 is 0 Å². The van der Waals surface area contributed by atoms with Crippen LogP contribution in [0.3, 0.4) is 0 Å². The van der Waals surface area contributed by atoms with E-state index in [0.29, 0.717) is 10.4 Å². The minimum absolute atomic E-state index is 0.0707. The Labute approximate surface area is 132 Å². The molecule has 0 aromatic heterocycles. The van der Waals surface area contributed by atoms with E-state index in [0.717, 1.165) is 25.7 Å². The van der Waals surface area contributed by atoms with Gasteiger partial charge in [0.2, 0.25) is 0 Å². The maximum absolute atomic E-state index is 13.3. The Bertz CT molecular complexity index is 543. The van der Waals surface area contributed by atoms with Crippen LogP contribution in [0.25, 0.3) is 0 Å². The highest BCUT2D eigenvalue weighted by Crippen LogP contribution is 2.32. The number of carbonyl (C=O) groups is 1. The van der Waals surface area contributed by atoms with Crippen molar-refractivity contribution in [1.29, 1.82) is 0 Å². The Balaban J connectivity index is 2.19. The summed E-state index contributed by atoms with van der Waals surface area (Å²) in [6, 6.07) is 2.49. The molecule has 1 aliphatic carbocycles. The molecule has 0 saturated heterocycles. The van der Waals surface area contributed by atoms with Gasteiger partial charge in [0.15, 0.2) is 0 Å². The summed E-state index contributed by atoms with van der Waals surface area (Å²) >= 11 is 3.18. The molecule has 1 amide bonds. The number of nitrogen functional groups attached to an aromatic ring is 1. The highest BCUT2D eigenvalue weighted by Gasteiger charge is 2.35. The minimum Gasteiger partial charge on any atom is -0.396 e. The van der Waals surface area contributed by atoms with Crippen molar-refractivity contribution in [3.05, 3.63) is 28.0 Å². The van der Waals surface area contributed by atoms with Gasteiger partial charge in [-0.15, -0.1) is 0 Å². The predicted octanol–water partition coefficient (Wildman–Crippen LogP) is 2.84. The van der Waals surface area contributed by atoms with Crippen molar-refractivity contribution in [3.8, 4) is 0 Å². The largest absolute Gasteiger partial charge is 0.396 e. The molecule has 1 aromatic carbocycles. The zero-order valence-electron chi connectivity index (χ0n) is 12.0. The van der Waals surface area contributed by atoms with Crippen LogP contribution < -0.4 is 11.1 Å². The summed E-state index contributed by atoms with van der Waals surface area (Å²) in [4.78, 5) is 12.4. The van der Waals surface area contributed by atoms with Crippen LogP contribution in [0, 0.1) is 11.7 Å². The van der Waals surface area contributed by atoms with Crippen molar-refractivity contribution in [2.24, 2.45) is 5.92 Å². The van der Waals surface area contributed by atoms with Crippen LogP contribution in [-0.2, 0) is 0 Å². The SMILES string of the molecule is CC1CCC(CO)(NC(=O)c2cc(N)c(F)cc2Br)CC1. The molecule has 1 fully saturated rings. The Hall–Kier alpha value is -1.14. The number of aliphatic hydroxyl groups excluding tert-OH is 1. The summed E-state index contributed by atoms with van der Waals surface area (Å²) in [5.41, 5.74) is 5.14. The van der Waals surface area contributed by atoms with E-state index < -0.39 is 11.4 Å². The summed E-state index contributed by atoms with van der Waals surface area (Å²) in [6.07, 6.45) is 3.41. The third-order valence-corrected chi connectivity index (χ3v) is 4.90. The Morgan fingerprint density at radius 3 is 2.71 bits per heavy atom. The zero-order chi connectivity index (χ0) is 15.6. The summed E-state index contributed by atoms with van der Waals surface area (Å²) in [5.74, 6) is -0.311. The molecule has 0 radical (unpaired) electrons. The highest BCUT2D eigenvalue weighted by atomic mass is 79.9. The first kappa shape index (κ1) is 16.2. The number of nitrogens with two attached hydrogens (primary N) is 1. The molecule has 0 aliphatic heterocycles. The summed E-state index contributed by atoms with van der Waals surface area (Å²) in [6.45, 7) is 2.07. The number of hydrogen-bond acceptors (Lipinski definition) is 3. The second-order valence-electron chi connectivity index (χ2n) is 5.93. The number of aliphatic hydroxyl groups is 1. The molecule has 4 N–H and O–H groups in total. The van der Waals surface area contributed by atoms with Crippen LogP contribution in [0.2, 0.25) is 0 Å². The molecule has 1 aliphatic rings. The zero-order valence-corrected chi connectivity index (χ0v) is 13.5. The minimum atomic E-state index is -0.591. The summed E-state index contributed by atoms with van der Waals surface area (Å²) in [7, 11) is 0. The lowest BCUT2D eigenvalue weighted by Crippen LogP contribution is -2.53. The fourth-order valence-corrected chi connectivity index (χ4v) is 3.18. The molecule has 1 saturated carbocycles. The first-order valence-corrected chi connectivity index (χ1v) is 7.84. The molecule has 0 spiro atoms. The molecule has 6 heteroatoms. The van der Waals surface area contributed by atoms with Crippen molar-refractivity contribution in [2.75, 3.05) is 12.3 Å². The third-order valence-electron chi connectivity index (χ3n) is 4.24. The maximum Gasteiger partial charge on any atom is 0.253 e. The van der Waals surface area contributed by atoms with Gasteiger partial charge in [-0.1, -0.05) is 6.92 Å². The van der Waals surface area contributed by atoms with E-state index in [1.807, 2.05) is 0 Å². The van der Waals surface area contributed by atoms with E-state index in [-0.39, 0.29) is 23.8 Å². The van der Waals surface area contributed by atoms with Crippen molar-refractivity contribution in [1.82, 2.24) is 5.32 Å². The lowest BCUT2D eigenvalue weighted by atomic mass is 9.77. The average molecular weight is 359 g/mol. The van der Waals surface area contributed by atoms with E-state index in [2.05, 4.69) is 28.2 Å². The summed E-state index contributed by atoms with van der Waals surface area (Å²) in [5, 5.41) is 12.6. The van der Waals surface area contributed by atoms with Crippen LogP contribution >= 0.6 is 15.9 Å². The molecule has 0 atom stereocenters. The van der Waals surface area contributed by atoms with Gasteiger partial charge in [0, 0.05) is 4.47 Å². The average Bonchev–Trinajstić information content (AvgIpc) is 2.45. The molecule has 0 heterocycles. The van der Waals surface area contributed by atoms with Gasteiger partial charge in [-0.25, -0.2) is 4.39 Å². The Morgan fingerprint density at radius 1 is 1.52 bits per heavy atom. The second-order valence-corrected chi connectivity index (χ2v) is 6.78. The number of anilines is 1. The molecular formula is C15H20BrFN2O2. The van der Waals surface area contributed by atoms with Gasteiger partial charge in [0.1, 0.15) is 5.82 Å². The van der Waals surface area contributed by atoms with Crippen LogP contribution in [0.4, 0.5) is 10.1 Å². The first-order chi connectivity index (χ1) is 9.87. The van der Waals surface area contributed by atoms with E-state index in [9.17, 15) is 14.3 Å². The molecule has 0 unspecified atom stereocenters. The van der Waals surface area contributed by atoms with Crippen molar-refractivity contribution in [3.63, 3.8) is 0 Å². The third kappa shape index (κ3) is 3.55. The maximum atomic E-state index is 13.3. The van der Waals surface area contributed by atoms with Gasteiger partial charge in [-0.2, -0.15) is 0 Å². The van der Waals surface area contributed by atoms with Crippen molar-refractivity contribution in [2.45, 2.75) is 38.1 Å². The molecule has 0 bridgehead atoms. The van der Waals surface area contributed by atoms with Gasteiger partial charge in [0.25, 0.3) is 5.91 Å². The Morgan fingerprint density at radius 2 is 2.14 bits per heavy atom. The highest BCUT2D eigenvalue weighted by molar-refractivity contribution is 9.10. The number of benzene rings is 1. The van der Waals surface area contributed by atoms with Gasteiger partial charge in [-0.3, -0.25) is 4.79 Å². The quantitative estimate of drug-likeness (QED) is 0.727. The fourth-order valence-electron chi connectivity index (χ4n) is 2.69. The van der Waals surface area contributed by atoms with Crippen LogP contribution in [-0.4, -0.2) is 23.2 Å². The normalized spacial score (nSPS) is 25.6. The fraction of sp³-hybridized carbons (Fsp3) is 0.533. The number of hydrogen-bond donors (Lipinski definition) is 3. The number of amides is 1. The molecule has 1 aromatic rings. The number of halogens is 2. The standard InChI is InChI=1S/C15H20BrFN2O2/c1-9-2-4-15(8-20,5-3-9)19-14(21)10-6-13(18)12(17)7-11(10)16/h6-7,9,20H,2-5,8,18H2,1H3,(H,19,21). The first-order valence-electron chi connectivity index (χ1n) is 7.05. The number of carbonyl (C=O) groups excluding carboxylic acids is 1. The lowest BCUT2D eigenvalue weighted by molar-refractivity contribution is 0.0716. The molecule has 4 nitrogen and oxygen atoms in total. The predicted molar refractivity (Wildman–Crippen MR) is 83.4 cm³/mol. The van der Waals surface area contributed by atoms with Gasteiger partial charge in [-0.05, 0) is 59.7 Å².